The van der Waals surface area contributed by atoms with Gasteiger partial charge in [0.15, 0.2) is 0 Å². The van der Waals surface area contributed by atoms with Crippen LogP contribution in [-0.4, -0.2) is 4.98 Å². The molecule has 1 aromatic heterocycles. The molecule has 0 fully saturated rings. The number of aryl methyl sites for hydroxylation is 1. The third-order valence-electron chi connectivity index (χ3n) is 2.16. The van der Waals surface area contributed by atoms with Gasteiger partial charge in [0.2, 0.25) is 0 Å². The monoisotopic (exact) mass is 186 g/mol. The second-order valence-electron chi connectivity index (χ2n) is 3.42. The Morgan fingerprint density at radius 1 is 1.21 bits per heavy atom. The van der Waals surface area contributed by atoms with Crippen LogP contribution >= 0.6 is 0 Å². The van der Waals surface area contributed by atoms with Crippen LogP contribution in [0.15, 0.2) is 42.6 Å². The molecule has 14 heavy (non-hydrogen) atoms. The summed E-state index contributed by atoms with van der Waals surface area (Å²) in [4.78, 5) is 3.16. The average molecular weight is 186 g/mol. The first-order valence-electron chi connectivity index (χ1n) is 4.77. The molecular formula is C12H14N2. The van der Waals surface area contributed by atoms with Crippen LogP contribution in [0.25, 0.3) is 0 Å². The van der Waals surface area contributed by atoms with Crippen molar-refractivity contribution in [3.63, 3.8) is 0 Å². The van der Waals surface area contributed by atoms with Crippen molar-refractivity contribution in [2.45, 2.75) is 13.5 Å². The Bertz CT molecular complexity index is 390. The van der Waals surface area contributed by atoms with Gasteiger partial charge in [-0.15, -0.1) is 0 Å². The minimum absolute atomic E-state index is 0.844. The predicted molar refractivity (Wildman–Crippen MR) is 59.3 cm³/mol. The van der Waals surface area contributed by atoms with Gasteiger partial charge in [0.25, 0.3) is 0 Å². The summed E-state index contributed by atoms with van der Waals surface area (Å²) in [5.41, 5.74) is 3.65. The SMILES string of the molecule is Cc1cccc(NCc2ccc[nH]2)c1. The van der Waals surface area contributed by atoms with E-state index in [2.05, 4.69) is 47.6 Å². The van der Waals surface area contributed by atoms with Crippen LogP contribution in [0.3, 0.4) is 0 Å². The molecule has 0 atom stereocenters. The van der Waals surface area contributed by atoms with Crippen molar-refractivity contribution in [3.05, 3.63) is 53.9 Å². The van der Waals surface area contributed by atoms with Gasteiger partial charge in [0.1, 0.15) is 0 Å². The summed E-state index contributed by atoms with van der Waals surface area (Å²) in [5, 5.41) is 3.36. The molecule has 0 aliphatic heterocycles. The number of aromatic amines is 1. The Morgan fingerprint density at radius 3 is 2.86 bits per heavy atom. The summed E-state index contributed by atoms with van der Waals surface area (Å²) in [6.45, 7) is 2.94. The first-order chi connectivity index (χ1) is 6.84. The number of H-pyrrole nitrogens is 1. The number of hydrogen-bond donors (Lipinski definition) is 2. The molecule has 0 bridgehead atoms. The maximum absolute atomic E-state index is 3.36. The van der Waals surface area contributed by atoms with E-state index in [4.69, 9.17) is 0 Å². The lowest BCUT2D eigenvalue weighted by atomic mass is 10.2. The van der Waals surface area contributed by atoms with E-state index in [1.54, 1.807) is 0 Å². The molecule has 0 unspecified atom stereocenters. The zero-order chi connectivity index (χ0) is 9.80. The zero-order valence-electron chi connectivity index (χ0n) is 8.25. The van der Waals surface area contributed by atoms with Crippen molar-refractivity contribution in [1.82, 2.24) is 4.98 Å². The van der Waals surface area contributed by atoms with Crippen molar-refractivity contribution >= 4 is 5.69 Å². The minimum Gasteiger partial charge on any atom is -0.379 e. The maximum Gasteiger partial charge on any atom is 0.0551 e. The molecule has 0 aliphatic carbocycles. The van der Waals surface area contributed by atoms with Crippen LogP contribution in [0, 0.1) is 6.92 Å². The summed E-state index contributed by atoms with van der Waals surface area (Å²) < 4.78 is 0. The number of aromatic nitrogens is 1. The Kier molecular flexibility index (Phi) is 2.54. The molecule has 0 spiro atoms. The fourth-order valence-corrected chi connectivity index (χ4v) is 1.43. The van der Waals surface area contributed by atoms with Crippen molar-refractivity contribution in [1.29, 1.82) is 0 Å². The van der Waals surface area contributed by atoms with Gasteiger partial charge in [-0.25, -0.2) is 0 Å². The molecule has 0 saturated carbocycles. The Hall–Kier alpha value is -1.70. The summed E-state index contributed by atoms with van der Waals surface area (Å²) in [6.07, 6.45) is 1.94. The third-order valence-corrected chi connectivity index (χ3v) is 2.16. The van der Waals surface area contributed by atoms with Crippen molar-refractivity contribution in [3.8, 4) is 0 Å². The molecule has 2 heteroatoms. The Labute approximate surface area is 84.0 Å². The number of rotatable bonds is 3. The second-order valence-corrected chi connectivity index (χ2v) is 3.42. The smallest absolute Gasteiger partial charge is 0.0551 e. The zero-order valence-corrected chi connectivity index (χ0v) is 8.25. The third kappa shape index (κ3) is 2.16. The van der Waals surface area contributed by atoms with Gasteiger partial charge in [0, 0.05) is 17.6 Å². The molecule has 0 radical (unpaired) electrons. The normalized spacial score (nSPS) is 10.1. The quantitative estimate of drug-likeness (QED) is 0.757. The van der Waals surface area contributed by atoms with E-state index in [1.165, 1.54) is 16.9 Å². The van der Waals surface area contributed by atoms with Crippen LogP contribution in [0.5, 0.6) is 0 Å². The fraction of sp³-hybridized carbons (Fsp3) is 0.167. The summed E-state index contributed by atoms with van der Waals surface area (Å²) in [7, 11) is 0. The van der Waals surface area contributed by atoms with E-state index in [0.717, 1.165) is 6.54 Å². The summed E-state index contributed by atoms with van der Waals surface area (Å²) in [6, 6.07) is 12.5. The molecule has 2 nitrogen and oxygen atoms in total. The van der Waals surface area contributed by atoms with Gasteiger partial charge < -0.3 is 10.3 Å². The fourth-order valence-electron chi connectivity index (χ4n) is 1.43. The van der Waals surface area contributed by atoms with E-state index in [0.29, 0.717) is 0 Å². The molecule has 72 valence electrons. The van der Waals surface area contributed by atoms with Crippen molar-refractivity contribution in [2.75, 3.05) is 5.32 Å². The van der Waals surface area contributed by atoms with Gasteiger partial charge in [-0.3, -0.25) is 0 Å². The summed E-state index contributed by atoms with van der Waals surface area (Å²) in [5.74, 6) is 0. The van der Waals surface area contributed by atoms with Crippen molar-refractivity contribution < 1.29 is 0 Å². The Balaban J connectivity index is 1.98. The molecule has 1 aromatic carbocycles. The Morgan fingerprint density at radius 2 is 2.14 bits per heavy atom. The summed E-state index contributed by atoms with van der Waals surface area (Å²) >= 11 is 0. The molecule has 0 saturated heterocycles. The lowest BCUT2D eigenvalue weighted by Crippen LogP contribution is -1.99. The number of nitrogens with one attached hydrogen (secondary N) is 2. The second kappa shape index (κ2) is 4.01. The lowest BCUT2D eigenvalue weighted by Gasteiger charge is -2.05. The molecule has 0 amide bonds. The van der Waals surface area contributed by atoms with E-state index >= 15 is 0 Å². The molecule has 2 N–H and O–H groups in total. The molecule has 2 aromatic rings. The van der Waals surface area contributed by atoms with Crippen LogP contribution in [0.1, 0.15) is 11.3 Å². The highest BCUT2D eigenvalue weighted by Crippen LogP contribution is 2.10. The highest BCUT2D eigenvalue weighted by Gasteiger charge is 1.93. The maximum atomic E-state index is 3.36. The van der Waals surface area contributed by atoms with Crippen LogP contribution in [-0.2, 0) is 6.54 Å². The average Bonchev–Trinajstić information content (AvgIpc) is 2.67. The topological polar surface area (TPSA) is 27.8 Å². The van der Waals surface area contributed by atoms with Crippen LogP contribution in [0.2, 0.25) is 0 Å². The van der Waals surface area contributed by atoms with Crippen molar-refractivity contribution in [2.24, 2.45) is 0 Å². The first kappa shape index (κ1) is 8.88. The number of hydrogen-bond acceptors (Lipinski definition) is 1. The van der Waals surface area contributed by atoms with Gasteiger partial charge in [-0.2, -0.15) is 0 Å². The first-order valence-corrected chi connectivity index (χ1v) is 4.77. The standard InChI is InChI=1S/C12H14N2/c1-10-4-2-5-11(8-10)14-9-12-6-3-7-13-12/h2-8,13-14H,9H2,1H3. The van der Waals surface area contributed by atoms with Gasteiger partial charge in [-0.1, -0.05) is 12.1 Å². The van der Waals surface area contributed by atoms with Crippen LogP contribution < -0.4 is 5.32 Å². The number of benzene rings is 1. The highest BCUT2D eigenvalue weighted by atomic mass is 14.9. The van der Waals surface area contributed by atoms with Gasteiger partial charge in [-0.05, 0) is 36.8 Å². The lowest BCUT2D eigenvalue weighted by molar-refractivity contribution is 1.07. The van der Waals surface area contributed by atoms with E-state index < -0.39 is 0 Å². The van der Waals surface area contributed by atoms with E-state index in [9.17, 15) is 0 Å². The molecule has 0 aliphatic rings. The predicted octanol–water partition coefficient (Wildman–Crippen LogP) is 2.94. The highest BCUT2D eigenvalue weighted by molar-refractivity contribution is 5.45. The van der Waals surface area contributed by atoms with Crippen LogP contribution in [0.4, 0.5) is 5.69 Å². The molecular weight excluding hydrogens is 172 g/mol. The minimum atomic E-state index is 0.844. The van der Waals surface area contributed by atoms with Gasteiger partial charge in [0.05, 0.1) is 6.54 Å². The molecule has 1 heterocycles. The largest absolute Gasteiger partial charge is 0.379 e. The molecule has 2 rings (SSSR count). The van der Waals surface area contributed by atoms with Gasteiger partial charge >= 0.3 is 0 Å². The van der Waals surface area contributed by atoms with E-state index in [1.807, 2.05) is 12.3 Å². The number of anilines is 1. The van der Waals surface area contributed by atoms with E-state index in [-0.39, 0.29) is 0 Å².